The van der Waals surface area contributed by atoms with Gasteiger partial charge in [0.05, 0.1) is 22.4 Å². The molecule has 1 aromatic heterocycles. The van der Waals surface area contributed by atoms with Crippen molar-refractivity contribution in [2.75, 3.05) is 11.9 Å². The van der Waals surface area contributed by atoms with Crippen LogP contribution in [0.1, 0.15) is 62.6 Å². The van der Waals surface area contributed by atoms with Crippen molar-refractivity contribution < 1.29 is 9.53 Å². The van der Waals surface area contributed by atoms with Crippen LogP contribution in [0.3, 0.4) is 0 Å². The van der Waals surface area contributed by atoms with Gasteiger partial charge < -0.3 is 15.4 Å². The van der Waals surface area contributed by atoms with Crippen LogP contribution in [0.25, 0.3) is 0 Å². The fourth-order valence-corrected chi connectivity index (χ4v) is 4.76. The third-order valence-corrected chi connectivity index (χ3v) is 6.70. The zero-order valence-electron chi connectivity index (χ0n) is 18.2. The van der Waals surface area contributed by atoms with Crippen LogP contribution in [0.2, 0.25) is 5.02 Å². The second kappa shape index (κ2) is 10.3. The van der Waals surface area contributed by atoms with Crippen LogP contribution in [0.5, 0.6) is 5.75 Å². The SMILES string of the molecule is CC1C[C@H](c2ccc(NC(=O)C3CCC(Oc4ccc(C#N)c(Cl)c4)CC3)nn2)CCN1. The maximum absolute atomic E-state index is 12.7. The fourth-order valence-electron chi connectivity index (χ4n) is 4.55. The van der Waals surface area contributed by atoms with Gasteiger partial charge in [-0.3, -0.25) is 4.79 Å². The molecule has 1 amide bonds. The molecule has 32 heavy (non-hydrogen) atoms. The number of benzene rings is 1. The van der Waals surface area contributed by atoms with E-state index in [9.17, 15) is 4.79 Å². The zero-order valence-corrected chi connectivity index (χ0v) is 18.9. The Balaban J connectivity index is 1.25. The van der Waals surface area contributed by atoms with Crippen molar-refractivity contribution in [1.82, 2.24) is 15.5 Å². The molecule has 1 aliphatic carbocycles. The molecule has 1 aliphatic heterocycles. The van der Waals surface area contributed by atoms with Crippen LogP contribution in [-0.2, 0) is 4.79 Å². The van der Waals surface area contributed by atoms with E-state index in [1.165, 1.54) is 0 Å². The highest BCUT2D eigenvalue weighted by Gasteiger charge is 2.28. The Hall–Kier alpha value is -2.69. The Morgan fingerprint density at radius 1 is 1.19 bits per heavy atom. The lowest BCUT2D eigenvalue weighted by molar-refractivity contribution is -0.121. The average Bonchev–Trinajstić information content (AvgIpc) is 2.80. The molecule has 0 bridgehead atoms. The molecule has 2 fully saturated rings. The molecule has 2 aromatic rings. The summed E-state index contributed by atoms with van der Waals surface area (Å²) in [5.74, 6) is 1.50. The summed E-state index contributed by atoms with van der Waals surface area (Å²) in [6, 6.07) is 11.5. The summed E-state index contributed by atoms with van der Waals surface area (Å²) in [6.45, 7) is 3.18. The van der Waals surface area contributed by atoms with E-state index in [1.807, 2.05) is 18.2 Å². The first kappa shape index (κ1) is 22.5. The molecule has 168 valence electrons. The lowest BCUT2D eigenvalue weighted by Crippen LogP contribution is -2.35. The standard InChI is InChI=1S/C24H28ClN5O2/c1-15-12-17(10-11-27-15)22-8-9-23(30-29-22)28-24(31)16-2-5-19(6-3-16)32-20-7-4-18(14-26)21(25)13-20/h4,7-9,13,15-17,19,27H,2-3,5-6,10-12H2,1H3,(H,28,30,31)/t15?,16?,17-,19?/m1/s1. The molecule has 2 N–H and O–H groups in total. The number of rotatable bonds is 5. The summed E-state index contributed by atoms with van der Waals surface area (Å²) in [5, 5.41) is 24.3. The minimum Gasteiger partial charge on any atom is -0.490 e. The van der Waals surface area contributed by atoms with Crippen molar-refractivity contribution >= 4 is 23.3 Å². The number of carbonyl (C=O) groups excluding carboxylic acids is 1. The Bertz CT molecular complexity index is 983. The van der Waals surface area contributed by atoms with E-state index >= 15 is 0 Å². The Kier molecular flexibility index (Phi) is 7.23. The Morgan fingerprint density at radius 3 is 2.66 bits per heavy atom. The van der Waals surface area contributed by atoms with Crippen molar-refractivity contribution in [3.05, 3.63) is 46.6 Å². The molecule has 2 aliphatic rings. The normalized spacial score (nSPS) is 25.5. The largest absolute Gasteiger partial charge is 0.490 e. The van der Waals surface area contributed by atoms with E-state index < -0.39 is 0 Å². The summed E-state index contributed by atoms with van der Waals surface area (Å²) in [6.07, 6.45) is 5.22. The number of piperidine rings is 1. The van der Waals surface area contributed by atoms with Gasteiger partial charge in [0.2, 0.25) is 5.91 Å². The molecular weight excluding hydrogens is 426 g/mol. The number of nitriles is 1. The van der Waals surface area contributed by atoms with Crippen molar-refractivity contribution in [3.63, 3.8) is 0 Å². The van der Waals surface area contributed by atoms with E-state index in [4.69, 9.17) is 21.6 Å². The first-order chi connectivity index (χ1) is 15.5. The van der Waals surface area contributed by atoms with Crippen LogP contribution < -0.4 is 15.4 Å². The number of ether oxygens (including phenoxy) is 1. The van der Waals surface area contributed by atoms with Crippen molar-refractivity contribution in [3.8, 4) is 11.8 Å². The van der Waals surface area contributed by atoms with Crippen molar-refractivity contribution in [2.45, 2.75) is 63.5 Å². The summed E-state index contributed by atoms with van der Waals surface area (Å²) < 4.78 is 6.01. The Labute approximate surface area is 193 Å². The molecule has 1 saturated carbocycles. The molecular formula is C24H28ClN5O2. The van der Waals surface area contributed by atoms with E-state index in [0.29, 0.717) is 34.1 Å². The molecule has 8 heteroatoms. The Morgan fingerprint density at radius 2 is 2.00 bits per heavy atom. The van der Waals surface area contributed by atoms with Crippen LogP contribution in [-0.4, -0.2) is 34.8 Å². The number of amides is 1. The number of hydrogen-bond acceptors (Lipinski definition) is 6. The van der Waals surface area contributed by atoms with Gasteiger partial charge in [0.1, 0.15) is 11.8 Å². The summed E-state index contributed by atoms with van der Waals surface area (Å²) in [5.41, 5.74) is 1.43. The molecule has 1 unspecified atom stereocenters. The average molecular weight is 454 g/mol. The zero-order chi connectivity index (χ0) is 22.5. The first-order valence-electron chi connectivity index (χ1n) is 11.3. The number of aromatic nitrogens is 2. The second-order valence-electron chi connectivity index (χ2n) is 8.75. The number of anilines is 1. The topological polar surface area (TPSA) is 99.9 Å². The van der Waals surface area contributed by atoms with Crippen LogP contribution in [0, 0.1) is 17.2 Å². The predicted octanol–water partition coefficient (Wildman–Crippen LogP) is 4.43. The van der Waals surface area contributed by atoms with Gasteiger partial charge in [0.15, 0.2) is 5.82 Å². The maximum atomic E-state index is 12.7. The lowest BCUT2D eigenvalue weighted by atomic mass is 9.86. The highest BCUT2D eigenvalue weighted by atomic mass is 35.5. The van der Waals surface area contributed by atoms with Gasteiger partial charge in [-0.1, -0.05) is 11.6 Å². The van der Waals surface area contributed by atoms with Gasteiger partial charge >= 0.3 is 0 Å². The van der Waals surface area contributed by atoms with E-state index in [2.05, 4.69) is 27.8 Å². The van der Waals surface area contributed by atoms with Gasteiger partial charge in [-0.25, -0.2) is 0 Å². The van der Waals surface area contributed by atoms with Crippen molar-refractivity contribution in [2.24, 2.45) is 5.92 Å². The second-order valence-corrected chi connectivity index (χ2v) is 9.16. The molecule has 2 heterocycles. The molecule has 0 spiro atoms. The minimum absolute atomic E-state index is 0.0117. The van der Waals surface area contributed by atoms with Gasteiger partial charge in [0.25, 0.3) is 0 Å². The molecule has 1 saturated heterocycles. The predicted molar refractivity (Wildman–Crippen MR) is 123 cm³/mol. The number of carbonyl (C=O) groups is 1. The molecule has 7 nitrogen and oxygen atoms in total. The van der Waals surface area contributed by atoms with Gasteiger partial charge in [-0.15, -0.1) is 5.10 Å². The van der Waals surface area contributed by atoms with Gasteiger partial charge in [-0.05, 0) is 76.3 Å². The summed E-state index contributed by atoms with van der Waals surface area (Å²) in [4.78, 5) is 12.7. The number of halogens is 1. The van der Waals surface area contributed by atoms with Crippen LogP contribution in [0.4, 0.5) is 5.82 Å². The fraction of sp³-hybridized carbons (Fsp3) is 0.500. The van der Waals surface area contributed by atoms with E-state index in [1.54, 1.807) is 18.2 Å². The third-order valence-electron chi connectivity index (χ3n) is 6.39. The van der Waals surface area contributed by atoms with Crippen molar-refractivity contribution in [1.29, 1.82) is 5.26 Å². The maximum Gasteiger partial charge on any atom is 0.228 e. The highest BCUT2D eigenvalue weighted by Crippen LogP contribution is 2.30. The van der Waals surface area contributed by atoms with Crippen LogP contribution >= 0.6 is 11.6 Å². The quantitative estimate of drug-likeness (QED) is 0.694. The highest BCUT2D eigenvalue weighted by molar-refractivity contribution is 6.31. The molecule has 0 radical (unpaired) electrons. The van der Waals surface area contributed by atoms with Crippen LogP contribution in [0.15, 0.2) is 30.3 Å². The monoisotopic (exact) mass is 453 g/mol. The van der Waals surface area contributed by atoms with E-state index in [0.717, 1.165) is 50.8 Å². The summed E-state index contributed by atoms with van der Waals surface area (Å²) >= 11 is 6.08. The lowest BCUT2D eigenvalue weighted by Gasteiger charge is -2.28. The summed E-state index contributed by atoms with van der Waals surface area (Å²) in [7, 11) is 0. The molecule has 2 atom stereocenters. The molecule has 4 rings (SSSR count). The minimum atomic E-state index is -0.0638. The van der Waals surface area contributed by atoms with Gasteiger partial charge in [0, 0.05) is 23.9 Å². The third kappa shape index (κ3) is 5.56. The number of nitrogens with zero attached hydrogens (tertiary/aromatic N) is 3. The first-order valence-corrected chi connectivity index (χ1v) is 11.6. The van der Waals surface area contributed by atoms with E-state index in [-0.39, 0.29) is 17.9 Å². The number of nitrogens with one attached hydrogen (secondary N) is 2. The smallest absolute Gasteiger partial charge is 0.228 e. The number of hydrogen-bond donors (Lipinski definition) is 2. The van der Waals surface area contributed by atoms with Gasteiger partial charge in [-0.2, -0.15) is 10.4 Å². The molecule has 1 aromatic carbocycles.